The van der Waals surface area contributed by atoms with Crippen molar-refractivity contribution in [3.63, 3.8) is 0 Å². The molecule has 0 bridgehead atoms. The Morgan fingerprint density at radius 3 is 2.03 bits per heavy atom. The Labute approximate surface area is 211 Å². The van der Waals surface area contributed by atoms with Crippen LogP contribution in [0.25, 0.3) is 0 Å². The summed E-state index contributed by atoms with van der Waals surface area (Å²) in [5.41, 5.74) is 1.92. The topological polar surface area (TPSA) is 118 Å². The fourth-order valence-corrected chi connectivity index (χ4v) is 5.35. The van der Waals surface area contributed by atoms with E-state index in [0.29, 0.717) is 16.3 Å². The first-order chi connectivity index (χ1) is 16.8. The number of hydrogen-bond donors (Lipinski definition) is 3. The van der Waals surface area contributed by atoms with Crippen molar-refractivity contribution in [2.24, 2.45) is 5.14 Å². The van der Waals surface area contributed by atoms with Crippen LogP contribution in [-0.2, 0) is 14.8 Å². The van der Waals surface area contributed by atoms with Gasteiger partial charge in [0.25, 0.3) is 5.91 Å². The third-order valence-electron chi connectivity index (χ3n) is 4.90. The molecular formula is C25H21N3O4S3. The fourth-order valence-electron chi connectivity index (χ4n) is 3.19. The maximum Gasteiger partial charge on any atom is 0.265 e. The van der Waals surface area contributed by atoms with E-state index in [9.17, 15) is 18.0 Å². The standard InChI is InChI=1S/C25H21N3O4S3/c26-35(31,32)21-14-10-19(11-15-21)28-25(30)23(17-5-2-1-3-6-17)34-20-12-8-18(9-13-20)27-24(29)22-7-4-16-33-22/h1-16,23H,(H,27,29)(H,28,30)(H2,26,31,32). The van der Waals surface area contributed by atoms with E-state index < -0.39 is 15.3 Å². The maximum absolute atomic E-state index is 13.2. The van der Waals surface area contributed by atoms with Crippen LogP contribution in [0.3, 0.4) is 0 Å². The zero-order valence-corrected chi connectivity index (χ0v) is 20.7. The van der Waals surface area contributed by atoms with Crippen LogP contribution in [0.4, 0.5) is 11.4 Å². The summed E-state index contributed by atoms with van der Waals surface area (Å²) >= 11 is 2.73. The number of carbonyl (C=O) groups is 2. The fraction of sp³-hybridized carbons (Fsp3) is 0.0400. The van der Waals surface area contributed by atoms with Crippen molar-refractivity contribution in [3.05, 3.63) is 107 Å². The first-order valence-corrected chi connectivity index (χ1v) is 13.7. The molecule has 4 rings (SSSR count). The summed E-state index contributed by atoms with van der Waals surface area (Å²) in [5.74, 6) is -0.435. The molecule has 0 saturated carbocycles. The number of nitrogens with one attached hydrogen (secondary N) is 2. The highest BCUT2D eigenvalue weighted by Gasteiger charge is 2.22. The molecule has 0 spiro atoms. The monoisotopic (exact) mass is 523 g/mol. The third-order valence-corrected chi connectivity index (χ3v) is 7.97. The number of thioether (sulfide) groups is 1. The van der Waals surface area contributed by atoms with Crippen LogP contribution in [0.15, 0.2) is 106 Å². The molecule has 0 aliphatic carbocycles. The highest BCUT2D eigenvalue weighted by Crippen LogP contribution is 2.36. The minimum atomic E-state index is -3.81. The Bertz CT molecular complexity index is 1410. The van der Waals surface area contributed by atoms with Crippen LogP contribution < -0.4 is 15.8 Å². The lowest BCUT2D eigenvalue weighted by molar-refractivity contribution is -0.115. The second-order valence-corrected chi connectivity index (χ2v) is 11.1. The average Bonchev–Trinajstić information content (AvgIpc) is 3.39. The summed E-state index contributed by atoms with van der Waals surface area (Å²) < 4.78 is 22.9. The first kappa shape index (κ1) is 24.7. The molecule has 1 heterocycles. The molecule has 7 nitrogen and oxygen atoms in total. The van der Waals surface area contributed by atoms with Crippen LogP contribution in [0.2, 0.25) is 0 Å². The van der Waals surface area contributed by atoms with E-state index in [2.05, 4.69) is 10.6 Å². The van der Waals surface area contributed by atoms with Gasteiger partial charge in [-0.1, -0.05) is 36.4 Å². The minimum Gasteiger partial charge on any atom is -0.325 e. The molecule has 4 N–H and O–H groups in total. The molecule has 0 aliphatic heterocycles. The van der Waals surface area contributed by atoms with Gasteiger partial charge in [-0.25, -0.2) is 13.6 Å². The molecule has 3 aromatic carbocycles. The summed E-state index contributed by atoms with van der Waals surface area (Å²) in [4.78, 5) is 26.9. The molecule has 4 aromatic rings. The lowest BCUT2D eigenvalue weighted by atomic mass is 10.1. The summed E-state index contributed by atoms with van der Waals surface area (Å²) in [6, 6.07) is 25.9. The molecule has 0 fully saturated rings. The molecule has 10 heteroatoms. The van der Waals surface area contributed by atoms with Gasteiger partial charge in [-0.3, -0.25) is 9.59 Å². The van der Waals surface area contributed by atoms with Crippen molar-refractivity contribution >= 4 is 56.3 Å². The Kier molecular flexibility index (Phi) is 7.67. The summed E-state index contributed by atoms with van der Waals surface area (Å²) in [6.45, 7) is 0. The van der Waals surface area contributed by atoms with Crippen LogP contribution in [0.1, 0.15) is 20.5 Å². The lowest BCUT2D eigenvalue weighted by Gasteiger charge is -2.17. The van der Waals surface area contributed by atoms with Crippen molar-refractivity contribution < 1.29 is 18.0 Å². The summed E-state index contributed by atoms with van der Waals surface area (Å²) in [7, 11) is -3.81. The van der Waals surface area contributed by atoms with Gasteiger partial charge in [-0.05, 0) is 65.5 Å². The molecule has 178 valence electrons. The number of anilines is 2. The number of benzene rings is 3. The summed E-state index contributed by atoms with van der Waals surface area (Å²) in [6.07, 6.45) is 0. The highest BCUT2D eigenvalue weighted by atomic mass is 32.2. The Morgan fingerprint density at radius 1 is 0.800 bits per heavy atom. The van der Waals surface area contributed by atoms with Crippen LogP contribution in [-0.4, -0.2) is 20.2 Å². The number of primary sulfonamides is 1. The molecule has 1 aromatic heterocycles. The molecule has 2 amide bonds. The smallest absolute Gasteiger partial charge is 0.265 e. The van der Waals surface area contributed by atoms with Crippen molar-refractivity contribution in [2.45, 2.75) is 15.0 Å². The Morgan fingerprint density at radius 2 is 1.43 bits per heavy atom. The van der Waals surface area contributed by atoms with Gasteiger partial charge in [-0.15, -0.1) is 23.1 Å². The van der Waals surface area contributed by atoms with Gasteiger partial charge in [0.1, 0.15) is 5.25 Å². The average molecular weight is 524 g/mol. The zero-order chi connectivity index (χ0) is 24.8. The van der Waals surface area contributed by atoms with Crippen molar-refractivity contribution in [1.29, 1.82) is 0 Å². The van der Waals surface area contributed by atoms with Gasteiger partial charge < -0.3 is 10.6 Å². The molecule has 0 radical (unpaired) electrons. The third kappa shape index (κ3) is 6.58. The van der Waals surface area contributed by atoms with E-state index >= 15 is 0 Å². The van der Waals surface area contributed by atoms with Gasteiger partial charge in [0.2, 0.25) is 15.9 Å². The van der Waals surface area contributed by atoms with E-state index in [1.165, 1.54) is 47.4 Å². The predicted molar refractivity (Wildman–Crippen MR) is 140 cm³/mol. The van der Waals surface area contributed by atoms with Crippen molar-refractivity contribution in [2.75, 3.05) is 10.6 Å². The van der Waals surface area contributed by atoms with Crippen LogP contribution >= 0.6 is 23.1 Å². The normalized spacial score (nSPS) is 12.0. The van der Waals surface area contributed by atoms with Gasteiger partial charge >= 0.3 is 0 Å². The number of hydrogen-bond acceptors (Lipinski definition) is 6. The number of sulfonamides is 1. The molecule has 35 heavy (non-hydrogen) atoms. The number of rotatable bonds is 8. The number of carbonyl (C=O) groups excluding carboxylic acids is 2. The van der Waals surface area contributed by atoms with E-state index in [4.69, 9.17) is 5.14 Å². The zero-order valence-electron chi connectivity index (χ0n) is 18.3. The Balaban J connectivity index is 1.49. The predicted octanol–water partition coefficient (Wildman–Crippen LogP) is 5.12. The maximum atomic E-state index is 13.2. The SMILES string of the molecule is NS(=O)(=O)c1ccc(NC(=O)C(Sc2ccc(NC(=O)c3cccs3)cc2)c2ccccc2)cc1. The second kappa shape index (κ2) is 10.9. The van der Waals surface area contributed by atoms with Gasteiger partial charge in [0.05, 0.1) is 9.77 Å². The minimum absolute atomic E-state index is 0.0317. The number of nitrogens with two attached hydrogens (primary N) is 1. The van der Waals surface area contributed by atoms with Gasteiger partial charge in [-0.2, -0.15) is 0 Å². The molecule has 1 atom stereocenters. The van der Waals surface area contributed by atoms with E-state index in [-0.39, 0.29) is 16.7 Å². The van der Waals surface area contributed by atoms with E-state index in [1.807, 2.05) is 53.9 Å². The van der Waals surface area contributed by atoms with Crippen molar-refractivity contribution in [3.8, 4) is 0 Å². The Hall–Kier alpha value is -3.44. The lowest BCUT2D eigenvalue weighted by Crippen LogP contribution is -2.19. The first-order valence-electron chi connectivity index (χ1n) is 10.4. The number of amides is 2. The van der Waals surface area contributed by atoms with Crippen molar-refractivity contribution in [1.82, 2.24) is 0 Å². The van der Waals surface area contributed by atoms with Crippen LogP contribution in [0, 0.1) is 0 Å². The molecular weight excluding hydrogens is 502 g/mol. The van der Waals surface area contributed by atoms with Crippen LogP contribution in [0.5, 0.6) is 0 Å². The quantitative estimate of drug-likeness (QED) is 0.277. The number of thiophene rings is 1. The molecule has 0 aliphatic rings. The molecule has 0 saturated heterocycles. The van der Waals surface area contributed by atoms with E-state index in [1.54, 1.807) is 18.2 Å². The van der Waals surface area contributed by atoms with E-state index in [0.717, 1.165) is 10.5 Å². The van der Waals surface area contributed by atoms with Gasteiger partial charge in [0.15, 0.2) is 0 Å². The largest absolute Gasteiger partial charge is 0.325 e. The summed E-state index contributed by atoms with van der Waals surface area (Å²) in [5, 5.41) is 12.1. The second-order valence-electron chi connectivity index (χ2n) is 7.42. The van der Waals surface area contributed by atoms with Gasteiger partial charge in [0, 0.05) is 16.3 Å². The molecule has 1 unspecified atom stereocenters. The highest BCUT2D eigenvalue weighted by molar-refractivity contribution is 8.00.